The van der Waals surface area contributed by atoms with Gasteiger partial charge in [-0.1, -0.05) is 50.5 Å². The Hall–Kier alpha value is -2.24. The minimum Gasteiger partial charge on any atom is -0.353 e. The van der Waals surface area contributed by atoms with Crippen LogP contribution in [0.4, 0.5) is 0 Å². The van der Waals surface area contributed by atoms with E-state index >= 15 is 0 Å². The molecule has 1 aliphatic carbocycles. The molecule has 3 atom stereocenters. The highest BCUT2D eigenvalue weighted by molar-refractivity contribution is 5.76. The zero-order valence-electron chi connectivity index (χ0n) is 16.4. The fourth-order valence-electron chi connectivity index (χ4n) is 3.96. The maximum Gasteiger partial charge on any atom is 0.277 e. The summed E-state index contributed by atoms with van der Waals surface area (Å²) in [6, 6.07) is 7.58. The van der Waals surface area contributed by atoms with Gasteiger partial charge < -0.3 is 5.32 Å². The Bertz CT molecular complexity index is 832. The van der Waals surface area contributed by atoms with Crippen LogP contribution in [0, 0.1) is 11.8 Å². The molecule has 0 saturated heterocycles. The van der Waals surface area contributed by atoms with Crippen LogP contribution in [0.2, 0.25) is 0 Å². The number of carbonyl (C=O) groups is 1. The molecule has 27 heavy (non-hydrogen) atoms. The van der Waals surface area contributed by atoms with Gasteiger partial charge in [-0.2, -0.15) is 0 Å². The molecule has 6 heteroatoms. The fourth-order valence-corrected chi connectivity index (χ4v) is 3.96. The maximum atomic E-state index is 12.4. The third-order valence-electron chi connectivity index (χ3n) is 5.96. The van der Waals surface area contributed by atoms with Crippen LogP contribution in [0.1, 0.15) is 58.8 Å². The van der Waals surface area contributed by atoms with Crippen LogP contribution in [-0.4, -0.2) is 26.9 Å². The SMILES string of the molecule is C[C@H]1[C@H](C)CCC[C@H]1NC(=O)CCCCCn1nnc2ccccc2c1=O. The summed E-state index contributed by atoms with van der Waals surface area (Å²) in [5.74, 6) is 1.40. The molecular weight excluding hydrogens is 340 g/mol. The summed E-state index contributed by atoms with van der Waals surface area (Å²) in [6.45, 7) is 5.06. The molecule has 0 bridgehead atoms. The van der Waals surface area contributed by atoms with E-state index in [0.29, 0.717) is 41.7 Å². The minimum atomic E-state index is -0.0984. The summed E-state index contributed by atoms with van der Waals surface area (Å²) in [6.07, 6.45) is 6.67. The Labute approximate surface area is 160 Å². The third kappa shape index (κ3) is 4.93. The molecule has 1 amide bonds. The molecule has 0 unspecified atom stereocenters. The molecule has 0 spiro atoms. The zero-order valence-corrected chi connectivity index (χ0v) is 16.4. The molecule has 146 valence electrons. The van der Waals surface area contributed by atoms with Gasteiger partial charge in [0.05, 0.1) is 5.39 Å². The summed E-state index contributed by atoms with van der Waals surface area (Å²) in [4.78, 5) is 24.6. The number of aryl methyl sites for hydroxylation is 1. The van der Waals surface area contributed by atoms with Crippen LogP contribution in [-0.2, 0) is 11.3 Å². The molecule has 0 radical (unpaired) electrons. The van der Waals surface area contributed by atoms with Crippen molar-refractivity contribution in [2.24, 2.45) is 11.8 Å². The first-order valence-electron chi connectivity index (χ1n) is 10.2. The zero-order chi connectivity index (χ0) is 19.2. The van der Waals surface area contributed by atoms with Crippen molar-refractivity contribution in [1.82, 2.24) is 20.3 Å². The van der Waals surface area contributed by atoms with Gasteiger partial charge in [0, 0.05) is 19.0 Å². The van der Waals surface area contributed by atoms with E-state index in [4.69, 9.17) is 0 Å². The average molecular weight is 370 g/mol. The van der Waals surface area contributed by atoms with Crippen LogP contribution in [0.15, 0.2) is 29.1 Å². The van der Waals surface area contributed by atoms with E-state index in [9.17, 15) is 9.59 Å². The Balaban J connectivity index is 1.40. The maximum absolute atomic E-state index is 12.4. The van der Waals surface area contributed by atoms with Crippen molar-refractivity contribution in [3.05, 3.63) is 34.6 Å². The van der Waals surface area contributed by atoms with Gasteiger partial charge in [-0.05, 0) is 43.2 Å². The number of benzene rings is 1. The van der Waals surface area contributed by atoms with E-state index in [2.05, 4.69) is 29.5 Å². The normalized spacial score (nSPS) is 22.7. The highest BCUT2D eigenvalue weighted by atomic mass is 16.1. The van der Waals surface area contributed by atoms with Crippen LogP contribution in [0.5, 0.6) is 0 Å². The van der Waals surface area contributed by atoms with Gasteiger partial charge in [-0.3, -0.25) is 9.59 Å². The van der Waals surface area contributed by atoms with E-state index in [1.807, 2.05) is 12.1 Å². The van der Waals surface area contributed by atoms with Gasteiger partial charge in [0.25, 0.3) is 5.56 Å². The summed E-state index contributed by atoms with van der Waals surface area (Å²) < 4.78 is 1.42. The van der Waals surface area contributed by atoms with Crippen molar-refractivity contribution in [2.75, 3.05) is 0 Å². The molecule has 1 aromatic heterocycles. The van der Waals surface area contributed by atoms with Crippen LogP contribution >= 0.6 is 0 Å². The van der Waals surface area contributed by atoms with Gasteiger partial charge in [-0.15, -0.1) is 5.10 Å². The summed E-state index contributed by atoms with van der Waals surface area (Å²) >= 11 is 0. The topological polar surface area (TPSA) is 76.9 Å². The standard InChI is InChI=1S/C21H30N4O2/c1-15-9-8-12-18(16(15)2)22-20(26)13-4-3-7-14-25-21(27)17-10-5-6-11-19(17)23-24-25/h5-6,10-11,15-16,18H,3-4,7-9,12-14H2,1-2H3,(H,22,26)/t15-,16+,18-/m1/s1. The summed E-state index contributed by atoms with van der Waals surface area (Å²) in [5.41, 5.74) is 0.528. The second-order valence-corrected chi connectivity index (χ2v) is 7.89. The lowest BCUT2D eigenvalue weighted by Crippen LogP contribution is -2.43. The number of hydrogen-bond donors (Lipinski definition) is 1. The summed E-state index contributed by atoms with van der Waals surface area (Å²) in [5, 5.41) is 11.9. The van der Waals surface area contributed by atoms with E-state index in [-0.39, 0.29) is 11.5 Å². The van der Waals surface area contributed by atoms with Crippen LogP contribution in [0.25, 0.3) is 10.9 Å². The second kappa shape index (κ2) is 9.11. The third-order valence-corrected chi connectivity index (χ3v) is 5.96. The lowest BCUT2D eigenvalue weighted by atomic mass is 9.78. The number of amides is 1. The highest BCUT2D eigenvalue weighted by Gasteiger charge is 2.27. The van der Waals surface area contributed by atoms with Crippen LogP contribution < -0.4 is 10.9 Å². The van der Waals surface area contributed by atoms with Gasteiger partial charge in [0.1, 0.15) is 5.52 Å². The molecule has 2 aromatic rings. The highest BCUT2D eigenvalue weighted by Crippen LogP contribution is 2.29. The molecule has 1 aliphatic rings. The van der Waals surface area contributed by atoms with Gasteiger partial charge >= 0.3 is 0 Å². The predicted octanol–water partition coefficient (Wildman–Crippen LogP) is 3.29. The van der Waals surface area contributed by atoms with Gasteiger partial charge in [-0.25, -0.2) is 4.68 Å². The van der Waals surface area contributed by atoms with Crippen molar-refractivity contribution in [1.29, 1.82) is 0 Å². The molecule has 0 aliphatic heterocycles. The number of nitrogens with zero attached hydrogens (tertiary/aromatic N) is 3. The number of nitrogens with one attached hydrogen (secondary N) is 1. The molecule has 1 heterocycles. The molecule has 1 saturated carbocycles. The first kappa shape index (κ1) is 19.5. The van der Waals surface area contributed by atoms with Crippen molar-refractivity contribution >= 4 is 16.8 Å². The number of unbranched alkanes of at least 4 members (excludes halogenated alkanes) is 2. The Morgan fingerprint density at radius 1 is 1.19 bits per heavy atom. The Morgan fingerprint density at radius 2 is 2.00 bits per heavy atom. The quantitative estimate of drug-likeness (QED) is 0.759. The number of fused-ring (bicyclic) bond motifs is 1. The minimum absolute atomic E-state index is 0.0984. The number of carbonyl (C=O) groups excluding carboxylic acids is 1. The molecule has 1 fully saturated rings. The average Bonchev–Trinajstić information content (AvgIpc) is 2.67. The lowest BCUT2D eigenvalue weighted by Gasteiger charge is -2.34. The number of aromatic nitrogens is 3. The van der Waals surface area contributed by atoms with E-state index < -0.39 is 0 Å². The van der Waals surface area contributed by atoms with Crippen molar-refractivity contribution in [3.63, 3.8) is 0 Å². The number of hydrogen-bond acceptors (Lipinski definition) is 4. The van der Waals surface area contributed by atoms with E-state index in [1.54, 1.807) is 12.1 Å². The van der Waals surface area contributed by atoms with Crippen molar-refractivity contribution < 1.29 is 4.79 Å². The van der Waals surface area contributed by atoms with E-state index in [0.717, 1.165) is 25.7 Å². The smallest absolute Gasteiger partial charge is 0.277 e. The molecule has 1 aromatic carbocycles. The Morgan fingerprint density at radius 3 is 2.85 bits per heavy atom. The molecule has 1 N–H and O–H groups in total. The van der Waals surface area contributed by atoms with E-state index in [1.165, 1.54) is 17.5 Å². The fraction of sp³-hybridized carbons (Fsp3) is 0.619. The number of rotatable bonds is 7. The second-order valence-electron chi connectivity index (χ2n) is 7.89. The lowest BCUT2D eigenvalue weighted by molar-refractivity contribution is -0.122. The Kier molecular flexibility index (Phi) is 6.58. The monoisotopic (exact) mass is 370 g/mol. The molecule has 3 rings (SSSR count). The van der Waals surface area contributed by atoms with Gasteiger partial charge in [0.2, 0.25) is 5.91 Å². The molecule has 6 nitrogen and oxygen atoms in total. The van der Waals surface area contributed by atoms with Crippen molar-refractivity contribution in [2.45, 2.75) is 71.4 Å². The summed E-state index contributed by atoms with van der Waals surface area (Å²) in [7, 11) is 0. The predicted molar refractivity (Wildman–Crippen MR) is 106 cm³/mol. The largest absolute Gasteiger partial charge is 0.353 e. The first-order chi connectivity index (χ1) is 13.1. The van der Waals surface area contributed by atoms with Crippen LogP contribution in [0.3, 0.4) is 0 Å². The molecular formula is C21H30N4O2. The first-order valence-corrected chi connectivity index (χ1v) is 10.2. The van der Waals surface area contributed by atoms with Gasteiger partial charge in [0.15, 0.2) is 0 Å². The van der Waals surface area contributed by atoms with Crippen molar-refractivity contribution in [3.8, 4) is 0 Å².